The number of hydrogen-bond acceptors (Lipinski definition) is 4. The Hall–Kier alpha value is -0.430. The Labute approximate surface area is 117 Å². The second kappa shape index (κ2) is 7.23. The van der Waals surface area contributed by atoms with Gasteiger partial charge in [0.2, 0.25) is 0 Å². The molecule has 2 atom stereocenters. The van der Waals surface area contributed by atoms with Crippen molar-refractivity contribution in [1.29, 1.82) is 0 Å². The van der Waals surface area contributed by atoms with E-state index < -0.39 is 0 Å². The number of nitrogens with one attached hydrogen (secondary N) is 1. The quantitative estimate of drug-likeness (QED) is 0.593. The lowest BCUT2D eigenvalue weighted by atomic mass is 10.0. The molecule has 0 aliphatic carbocycles. The minimum absolute atomic E-state index is 0.230. The Balaban J connectivity index is 2.62. The van der Waals surface area contributed by atoms with E-state index in [-0.39, 0.29) is 12.1 Å². The summed E-state index contributed by atoms with van der Waals surface area (Å²) in [5.41, 5.74) is 5.05. The molecule has 6 heteroatoms. The number of ether oxygens (including phenoxy) is 1. The second-order valence-corrected chi connectivity index (χ2v) is 5.45. The summed E-state index contributed by atoms with van der Waals surface area (Å²) in [7, 11) is 3.69. The normalized spacial score (nSPS) is 14.8. The van der Waals surface area contributed by atoms with Gasteiger partial charge >= 0.3 is 0 Å². The van der Waals surface area contributed by atoms with Crippen molar-refractivity contribution in [3.8, 4) is 0 Å². The molecule has 5 nitrogen and oxygen atoms in total. The fraction of sp³-hybridized carbons (Fsp3) is 0.750. The van der Waals surface area contributed by atoms with Crippen LogP contribution in [0.5, 0.6) is 0 Å². The third-order valence-corrected chi connectivity index (χ3v) is 4.29. The highest BCUT2D eigenvalue weighted by Crippen LogP contribution is 2.22. The van der Waals surface area contributed by atoms with Crippen LogP contribution < -0.4 is 11.3 Å². The predicted octanol–water partition coefficient (Wildman–Crippen LogP) is 1.68. The van der Waals surface area contributed by atoms with Gasteiger partial charge in [-0.25, -0.2) is 0 Å². The summed E-state index contributed by atoms with van der Waals surface area (Å²) >= 11 is 3.58. The van der Waals surface area contributed by atoms with Crippen molar-refractivity contribution in [2.45, 2.75) is 45.3 Å². The molecule has 0 aliphatic rings. The number of methoxy groups -OCH3 is 1. The molecule has 0 saturated carbocycles. The maximum atomic E-state index is 5.62. The molecule has 1 rings (SSSR count). The number of hydrogen-bond donors (Lipinski definition) is 2. The van der Waals surface area contributed by atoms with E-state index in [0.717, 1.165) is 29.4 Å². The van der Waals surface area contributed by atoms with E-state index in [9.17, 15) is 0 Å². The molecule has 0 amide bonds. The number of halogens is 1. The summed E-state index contributed by atoms with van der Waals surface area (Å²) in [5.74, 6) is 5.62. The summed E-state index contributed by atoms with van der Waals surface area (Å²) in [6.45, 7) is 4.06. The lowest BCUT2D eigenvalue weighted by Crippen LogP contribution is -2.37. The molecule has 1 heterocycles. The standard InChI is InChI=1S/C12H23BrN4O/c1-8(18-4)5-6-10(15-14)7-11-12(13)9(2)16-17(11)3/h8,10,15H,5-7,14H2,1-4H3. The van der Waals surface area contributed by atoms with Gasteiger partial charge in [-0.3, -0.25) is 16.0 Å². The van der Waals surface area contributed by atoms with Crippen molar-refractivity contribution in [1.82, 2.24) is 15.2 Å². The van der Waals surface area contributed by atoms with E-state index in [1.807, 2.05) is 18.7 Å². The van der Waals surface area contributed by atoms with Crippen LogP contribution in [0.2, 0.25) is 0 Å². The average Bonchev–Trinajstić information content (AvgIpc) is 2.59. The number of rotatable bonds is 7. The molecule has 104 valence electrons. The van der Waals surface area contributed by atoms with E-state index >= 15 is 0 Å². The van der Waals surface area contributed by atoms with Crippen molar-refractivity contribution >= 4 is 15.9 Å². The van der Waals surface area contributed by atoms with Gasteiger partial charge in [0.15, 0.2) is 0 Å². The van der Waals surface area contributed by atoms with Gasteiger partial charge < -0.3 is 4.74 Å². The SMILES string of the molecule is COC(C)CCC(Cc1c(Br)c(C)nn1C)NN. The average molecular weight is 319 g/mol. The minimum atomic E-state index is 0.230. The first kappa shape index (κ1) is 15.6. The molecule has 1 aromatic heterocycles. The Bertz CT molecular complexity index is 380. The maximum Gasteiger partial charge on any atom is 0.0738 e. The summed E-state index contributed by atoms with van der Waals surface area (Å²) in [4.78, 5) is 0. The second-order valence-electron chi connectivity index (χ2n) is 4.66. The summed E-state index contributed by atoms with van der Waals surface area (Å²) in [5, 5.41) is 4.39. The zero-order valence-corrected chi connectivity index (χ0v) is 13.1. The summed E-state index contributed by atoms with van der Waals surface area (Å²) in [6, 6.07) is 0.230. The van der Waals surface area contributed by atoms with Crippen LogP contribution in [0, 0.1) is 6.92 Å². The number of nitrogens with zero attached hydrogens (tertiary/aromatic N) is 2. The van der Waals surface area contributed by atoms with Gasteiger partial charge in [-0.15, -0.1) is 0 Å². The van der Waals surface area contributed by atoms with E-state index in [4.69, 9.17) is 10.6 Å². The Morgan fingerprint density at radius 1 is 1.50 bits per heavy atom. The first-order chi connectivity index (χ1) is 8.49. The Morgan fingerprint density at radius 3 is 2.61 bits per heavy atom. The fourth-order valence-electron chi connectivity index (χ4n) is 1.93. The molecule has 0 aliphatic heterocycles. The van der Waals surface area contributed by atoms with Crippen molar-refractivity contribution in [3.63, 3.8) is 0 Å². The minimum Gasteiger partial charge on any atom is -0.382 e. The number of aryl methyl sites for hydroxylation is 2. The number of aromatic nitrogens is 2. The lowest BCUT2D eigenvalue weighted by Gasteiger charge is -2.18. The highest BCUT2D eigenvalue weighted by molar-refractivity contribution is 9.10. The maximum absolute atomic E-state index is 5.62. The third kappa shape index (κ3) is 4.05. The zero-order chi connectivity index (χ0) is 13.7. The molecule has 3 N–H and O–H groups in total. The van der Waals surface area contributed by atoms with Gasteiger partial charge in [-0.1, -0.05) is 0 Å². The van der Waals surface area contributed by atoms with Crippen molar-refractivity contribution in [2.24, 2.45) is 12.9 Å². The van der Waals surface area contributed by atoms with Crippen LogP contribution in [0.15, 0.2) is 4.47 Å². The van der Waals surface area contributed by atoms with E-state index in [2.05, 4.69) is 33.4 Å². The smallest absolute Gasteiger partial charge is 0.0738 e. The predicted molar refractivity (Wildman–Crippen MR) is 76.2 cm³/mol. The van der Waals surface area contributed by atoms with Crippen molar-refractivity contribution in [3.05, 3.63) is 15.9 Å². The highest BCUT2D eigenvalue weighted by Gasteiger charge is 2.16. The number of hydrazine groups is 1. The molecular weight excluding hydrogens is 296 g/mol. The number of nitrogens with two attached hydrogens (primary N) is 1. The van der Waals surface area contributed by atoms with Crippen LogP contribution in [0.3, 0.4) is 0 Å². The molecule has 1 aromatic rings. The van der Waals surface area contributed by atoms with Crippen LogP contribution in [0.4, 0.5) is 0 Å². The van der Waals surface area contributed by atoms with Crippen LogP contribution >= 0.6 is 15.9 Å². The summed E-state index contributed by atoms with van der Waals surface area (Å²) in [6.07, 6.45) is 3.07. The first-order valence-electron chi connectivity index (χ1n) is 6.16. The molecule has 0 bridgehead atoms. The van der Waals surface area contributed by atoms with Crippen LogP contribution in [-0.2, 0) is 18.2 Å². The fourth-order valence-corrected chi connectivity index (χ4v) is 2.43. The van der Waals surface area contributed by atoms with Gasteiger partial charge in [-0.05, 0) is 42.6 Å². The van der Waals surface area contributed by atoms with E-state index in [1.165, 1.54) is 5.69 Å². The molecule has 0 spiro atoms. The van der Waals surface area contributed by atoms with E-state index in [0.29, 0.717) is 0 Å². The lowest BCUT2D eigenvalue weighted by molar-refractivity contribution is 0.106. The van der Waals surface area contributed by atoms with Gasteiger partial charge in [0.05, 0.1) is 22.0 Å². The zero-order valence-electron chi connectivity index (χ0n) is 11.5. The molecule has 0 radical (unpaired) electrons. The largest absolute Gasteiger partial charge is 0.382 e. The van der Waals surface area contributed by atoms with Gasteiger partial charge in [0.1, 0.15) is 0 Å². The van der Waals surface area contributed by atoms with Crippen molar-refractivity contribution < 1.29 is 4.74 Å². The Morgan fingerprint density at radius 2 is 2.17 bits per heavy atom. The highest BCUT2D eigenvalue weighted by atomic mass is 79.9. The van der Waals surface area contributed by atoms with Crippen molar-refractivity contribution in [2.75, 3.05) is 7.11 Å². The van der Waals surface area contributed by atoms with Crippen LogP contribution in [0.1, 0.15) is 31.2 Å². The van der Waals surface area contributed by atoms with Crippen LogP contribution in [0.25, 0.3) is 0 Å². The van der Waals surface area contributed by atoms with E-state index in [1.54, 1.807) is 7.11 Å². The summed E-state index contributed by atoms with van der Waals surface area (Å²) < 4.78 is 8.23. The molecular formula is C12H23BrN4O. The molecule has 0 aromatic carbocycles. The first-order valence-corrected chi connectivity index (χ1v) is 6.95. The molecule has 0 saturated heterocycles. The van der Waals surface area contributed by atoms with Gasteiger partial charge in [0, 0.05) is 26.6 Å². The van der Waals surface area contributed by atoms with Gasteiger partial charge in [-0.2, -0.15) is 5.10 Å². The third-order valence-electron chi connectivity index (χ3n) is 3.26. The molecule has 0 fully saturated rings. The van der Waals surface area contributed by atoms with Crippen LogP contribution in [-0.4, -0.2) is 29.0 Å². The topological polar surface area (TPSA) is 65.1 Å². The van der Waals surface area contributed by atoms with Gasteiger partial charge in [0.25, 0.3) is 0 Å². The molecule has 2 unspecified atom stereocenters. The molecule has 18 heavy (non-hydrogen) atoms. The Kier molecular flexibility index (Phi) is 6.28. The monoisotopic (exact) mass is 318 g/mol.